The molecule has 0 aliphatic heterocycles. The second-order valence-corrected chi connectivity index (χ2v) is 5.35. The molecule has 0 bridgehead atoms. The van der Waals surface area contributed by atoms with Gasteiger partial charge in [0.25, 0.3) is 0 Å². The number of ether oxygens (including phenoxy) is 1. The van der Waals surface area contributed by atoms with Crippen LogP contribution in [0.4, 0.5) is 0 Å². The molecule has 66 valence electrons. The summed E-state index contributed by atoms with van der Waals surface area (Å²) >= 11 is -0.905. The first-order valence-corrected chi connectivity index (χ1v) is 7.22. The molecule has 0 radical (unpaired) electrons. The third-order valence-electron chi connectivity index (χ3n) is 1.31. The molecule has 0 amide bonds. The molecule has 0 rings (SSSR count). The lowest BCUT2D eigenvalue weighted by Gasteiger charge is -2.15. The van der Waals surface area contributed by atoms with Gasteiger partial charge >= 0.3 is 14.5 Å². The molecule has 1 unspecified atom stereocenters. The summed E-state index contributed by atoms with van der Waals surface area (Å²) in [5.74, 6) is 4.30. The van der Waals surface area contributed by atoms with Crippen molar-refractivity contribution in [3.8, 4) is 0 Å². The van der Waals surface area contributed by atoms with Gasteiger partial charge in [0.15, 0.2) is 0 Å². The number of rotatable bonds is 6. The standard InChI is InChI=1S/C6H13O2.2CH3.Al/c1-3-4-5-8-6(2)7;;;/h6H,3-5H2,1-2H3;2*1H3;/q-1;;;+1. The lowest BCUT2D eigenvalue weighted by Crippen LogP contribution is -2.20. The van der Waals surface area contributed by atoms with Crippen molar-refractivity contribution in [1.29, 1.82) is 0 Å². The van der Waals surface area contributed by atoms with Crippen molar-refractivity contribution >= 4 is 14.5 Å². The van der Waals surface area contributed by atoms with Crippen LogP contribution in [0.25, 0.3) is 0 Å². The van der Waals surface area contributed by atoms with Gasteiger partial charge in [-0.2, -0.15) is 0 Å². The molecule has 2 nitrogen and oxygen atoms in total. The van der Waals surface area contributed by atoms with Gasteiger partial charge in [0.05, 0.1) is 0 Å². The molecule has 0 saturated carbocycles. The van der Waals surface area contributed by atoms with E-state index in [0.29, 0.717) is 0 Å². The molecule has 0 aromatic carbocycles. The Morgan fingerprint density at radius 3 is 2.45 bits per heavy atom. The molecule has 0 aromatic heterocycles. The van der Waals surface area contributed by atoms with Gasteiger partial charge in [0, 0.05) is 6.61 Å². The molecule has 0 N–H and O–H groups in total. The summed E-state index contributed by atoms with van der Waals surface area (Å²) in [5.41, 5.74) is 0. The zero-order valence-electron chi connectivity index (χ0n) is 8.09. The summed E-state index contributed by atoms with van der Waals surface area (Å²) in [7, 11) is 0. The zero-order chi connectivity index (χ0) is 8.69. The van der Waals surface area contributed by atoms with Gasteiger partial charge in [0.1, 0.15) is 6.29 Å². The van der Waals surface area contributed by atoms with Gasteiger partial charge < -0.3 is 8.53 Å². The molecule has 0 aromatic rings. The molecular weight excluding hydrogens is 155 g/mol. The molecule has 0 aliphatic rings. The Bertz CT molecular complexity index is 86.2. The van der Waals surface area contributed by atoms with Gasteiger partial charge in [-0.25, -0.2) is 0 Å². The maximum atomic E-state index is 5.51. The summed E-state index contributed by atoms with van der Waals surface area (Å²) in [6, 6.07) is 0. The Hall–Kier alpha value is 0.452. The highest BCUT2D eigenvalue weighted by Crippen LogP contribution is 1.98. The quantitative estimate of drug-likeness (QED) is 0.350. The van der Waals surface area contributed by atoms with Crippen molar-refractivity contribution in [1.82, 2.24) is 0 Å². The highest BCUT2D eigenvalue weighted by Gasteiger charge is 2.08. The van der Waals surface area contributed by atoms with Crippen LogP contribution in [0.2, 0.25) is 11.6 Å². The first kappa shape index (κ1) is 11.5. The maximum Gasteiger partial charge on any atom is 0.455 e. The highest BCUT2D eigenvalue weighted by atomic mass is 27.2. The van der Waals surface area contributed by atoms with Crippen LogP contribution < -0.4 is 0 Å². The average molecular weight is 174 g/mol. The molecule has 1 atom stereocenters. The van der Waals surface area contributed by atoms with Crippen molar-refractivity contribution in [2.24, 2.45) is 0 Å². The van der Waals surface area contributed by atoms with Crippen LogP contribution in [0, 0.1) is 0 Å². The normalized spacial score (nSPS) is 13.1. The Kier molecular flexibility index (Phi) is 7.41. The van der Waals surface area contributed by atoms with Crippen LogP contribution in [0.3, 0.4) is 0 Å². The van der Waals surface area contributed by atoms with Crippen molar-refractivity contribution in [2.45, 2.75) is 44.6 Å². The SMILES string of the molecule is CCCCOC(C)[O][Al]([CH3])[CH3]. The minimum absolute atomic E-state index is 0.00761. The summed E-state index contributed by atoms with van der Waals surface area (Å²) in [6.07, 6.45) is 2.33. The Morgan fingerprint density at radius 1 is 1.36 bits per heavy atom. The zero-order valence-corrected chi connectivity index (χ0v) is 9.25. The Labute approximate surface area is 74.6 Å². The van der Waals surface area contributed by atoms with E-state index in [-0.39, 0.29) is 6.29 Å². The molecule has 0 fully saturated rings. The van der Waals surface area contributed by atoms with E-state index < -0.39 is 14.5 Å². The van der Waals surface area contributed by atoms with Crippen LogP contribution in [0.1, 0.15) is 26.7 Å². The average Bonchev–Trinajstić information content (AvgIpc) is 1.86. The van der Waals surface area contributed by atoms with E-state index in [1.807, 2.05) is 6.92 Å². The number of hydrogen-bond donors (Lipinski definition) is 0. The molecule has 0 heterocycles. The van der Waals surface area contributed by atoms with E-state index in [1.54, 1.807) is 0 Å². The van der Waals surface area contributed by atoms with Gasteiger partial charge in [0.2, 0.25) is 0 Å². The van der Waals surface area contributed by atoms with Gasteiger partial charge in [-0.1, -0.05) is 24.9 Å². The fourth-order valence-electron chi connectivity index (χ4n) is 0.816. The van der Waals surface area contributed by atoms with Crippen LogP contribution >= 0.6 is 0 Å². The summed E-state index contributed by atoms with van der Waals surface area (Å²) in [5, 5.41) is 0. The minimum atomic E-state index is -0.905. The topological polar surface area (TPSA) is 18.5 Å². The first-order valence-electron chi connectivity index (χ1n) is 4.43. The smallest absolute Gasteiger partial charge is 0.455 e. The van der Waals surface area contributed by atoms with E-state index in [9.17, 15) is 0 Å². The molecular formula is C8H19AlO2. The first-order chi connectivity index (χ1) is 5.16. The fourth-order valence-corrected chi connectivity index (χ4v) is 1.66. The van der Waals surface area contributed by atoms with Crippen molar-refractivity contribution in [3.05, 3.63) is 0 Å². The predicted octanol–water partition coefficient (Wildman–Crippen LogP) is 2.42. The van der Waals surface area contributed by atoms with E-state index >= 15 is 0 Å². The van der Waals surface area contributed by atoms with Crippen molar-refractivity contribution < 1.29 is 8.53 Å². The highest BCUT2D eigenvalue weighted by molar-refractivity contribution is 6.48. The largest absolute Gasteiger partial charge is 0.478 e. The van der Waals surface area contributed by atoms with Gasteiger partial charge in [-0.15, -0.1) is 0 Å². The van der Waals surface area contributed by atoms with Crippen LogP contribution in [-0.2, 0) is 8.53 Å². The van der Waals surface area contributed by atoms with Gasteiger partial charge in [-0.3, -0.25) is 0 Å². The third-order valence-corrected chi connectivity index (χ3v) is 2.24. The Balaban J connectivity index is 3.15. The van der Waals surface area contributed by atoms with E-state index in [2.05, 4.69) is 18.5 Å². The van der Waals surface area contributed by atoms with Crippen molar-refractivity contribution in [3.63, 3.8) is 0 Å². The van der Waals surface area contributed by atoms with E-state index in [1.165, 1.54) is 6.42 Å². The summed E-state index contributed by atoms with van der Waals surface area (Å²) < 4.78 is 10.9. The van der Waals surface area contributed by atoms with Crippen LogP contribution in [0.15, 0.2) is 0 Å². The number of hydrogen-bond acceptors (Lipinski definition) is 2. The summed E-state index contributed by atoms with van der Waals surface area (Å²) in [6.45, 7) is 4.97. The summed E-state index contributed by atoms with van der Waals surface area (Å²) in [4.78, 5) is 0. The fraction of sp³-hybridized carbons (Fsp3) is 1.00. The molecule has 0 aliphatic carbocycles. The lowest BCUT2D eigenvalue weighted by atomic mass is 10.4. The Morgan fingerprint density at radius 2 is 2.00 bits per heavy atom. The molecule has 11 heavy (non-hydrogen) atoms. The van der Waals surface area contributed by atoms with Crippen LogP contribution in [-0.4, -0.2) is 27.4 Å². The second kappa shape index (κ2) is 7.12. The lowest BCUT2D eigenvalue weighted by molar-refractivity contribution is -0.0691. The maximum absolute atomic E-state index is 5.51. The number of unbranched alkanes of at least 4 members (excludes halogenated alkanes) is 1. The third kappa shape index (κ3) is 8.36. The second-order valence-electron chi connectivity index (χ2n) is 2.98. The molecule has 0 saturated heterocycles. The molecule has 0 spiro atoms. The molecule has 3 heteroatoms. The predicted molar refractivity (Wildman–Crippen MR) is 48.9 cm³/mol. The monoisotopic (exact) mass is 174 g/mol. The van der Waals surface area contributed by atoms with Crippen molar-refractivity contribution in [2.75, 3.05) is 6.61 Å². The minimum Gasteiger partial charge on any atom is -0.478 e. The van der Waals surface area contributed by atoms with Crippen LogP contribution in [0.5, 0.6) is 0 Å². The van der Waals surface area contributed by atoms with E-state index in [4.69, 9.17) is 8.53 Å². The van der Waals surface area contributed by atoms with E-state index in [0.717, 1.165) is 13.0 Å². The van der Waals surface area contributed by atoms with Gasteiger partial charge in [-0.05, 0) is 13.3 Å².